The Hall–Kier alpha value is -2.40. The molecular formula is C22H25N3OS. The average Bonchev–Trinajstić information content (AvgIpc) is 3.18. The Balaban J connectivity index is 1.32. The first kappa shape index (κ1) is 18.0. The van der Waals surface area contributed by atoms with Crippen LogP contribution in [-0.4, -0.2) is 29.6 Å². The number of anilines is 1. The van der Waals surface area contributed by atoms with Crippen LogP contribution in [0, 0.1) is 5.92 Å². The maximum absolute atomic E-state index is 5.30. The molecule has 3 aromatic rings. The average molecular weight is 380 g/mol. The molecule has 0 N–H and O–H groups in total. The van der Waals surface area contributed by atoms with Crippen molar-refractivity contribution in [3.8, 4) is 5.75 Å². The lowest BCUT2D eigenvalue weighted by Crippen LogP contribution is -2.34. The van der Waals surface area contributed by atoms with Crippen molar-refractivity contribution in [1.29, 1.82) is 0 Å². The summed E-state index contributed by atoms with van der Waals surface area (Å²) in [6.45, 7) is 2.15. The van der Waals surface area contributed by atoms with Crippen molar-refractivity contribution in [2.24, 2.45) is 5.92 Å². The van der Waals surface area contributed by atoms with Crippen molar-refractivity contribution >= 4 is 16.7 Å². The topological polar surface area (TPSA) is 38.2 Å². The maximum Gasteiger partial charge on any atom is 0.205 e. The van der Waals surface area contributed by atoms with E-state index in [9.17, 15) is 0 Å². The van der Waals surface area contributed by atoms with Gasteiger partial charge in [0, 0.05) is 31.0 Å². The van der Waals surface area contributed by atoms with Crippen LogP contribution in [0.15, 0.2) is 54.6 Å². The third kappa shape index (κ3) is 4.66. The third-order valence-electron chi connectivity index (χ3n) is 5.21. The molecule has 1 aliphatic rings. The molecule has 140 valence electrons. The maximum atomic E-state index is 5.30. The van der Waals surface area contributed by atoms with Crippen LogP contribution < -0.4 is 9.64 Å². The summed E-state index contributed by atoms with van der Waals surface area (Å²) in [5.41, 5.74) is 2.63. The van der Waals surface area contributed by atoms with Crippen molar-refractivity contribution in [1.82, 2.24) is 9.36 Å². The van der Waals surface area contributed by atoms with E-state index in [0.717, 1.165) is 42.1 Å². The van der Waals surface area contributed by atoms with Crippen LogP contribution >= 0.6 is 11.5 Å². The van der Waals surface area contributed by atoms with Gasteiger partial charge in [-0.25, -0.2) is 4.98 Å². The molecule has 0 radical (unpaired) electrons. The van der Waals surface area contributed by atoms with E-state index in [1.807, 2.05) is 12.1 Å². The second-order valence-electron chi connectivity index (χ2n) is 7.14. The summed E-state index contributed by atoms with van der Waals surface area (Å²) < 4.78 is 9.88. The molecule has 2 heterocycles. The van der Waals surface area contributed by atoms with E-state index in [0.29, 0.717) is 0 Å². The standard InChI is InChI=1S/C22H25N3OS/c1-26-20-9-5-8-19(15-20)16-21-23-22(27-24-21)25-12-10-18(11-13-25)14-17-6-3-2-4-7-17/h2-9,15,18H,10-14,16H2,1H3. The van der Waals surface area contributed by atoms with Gasteiger partial charge in [-0.05, 0) is 48.4 Å². The number of hydrogen-bond acceptors (Lipinski definition) is 5. The molecule has 0 aliphatic carbocycles. The second kappa shape index (κ2) is 8.53. The highest BCUT2D eigenvalue weighted by Crippen LogP contribution is 2.27. The van der Waals surface area contributed by atoms with Gasteiger partial charge in [0.05, 0.1) is 7.11 Å². The SMILES string of the molecule is COc1cccc(Cc2nsc(N3CCC(Cc4ccccc4)CC3)n2)c1. The number of hydrogen-bond donors (Lipinski definition) is 0. The number of methoxy groups -OCH3 is 1. The molecule has 1 fully saturated rings. The number of benzene rings is 2. The first-order valence-corrected chi connectivity index (χ1v) is 10.3. The van der Waals surface area contributed by atoms with Gasteiger partial charge in [-0.2, -0.15) is 4.37 Å². The smallest absolute Gasteiger partial charge is 0.205 e. The predicted molar refractivity (Wildman–Crippen MR) is 111 cm³/mol. The molecule has 1 aromatic heterocycles. The molecule has 0 bridgehead atoms. The lowest BCUT2D eigenvalue weighted by molar-refractivity contribution is 0.403. The summed E-state index contributed by atoms with van der Waals surface area (Å²) in [5.74, 6) is 2.55. The number of nitrogens with zero attached hydrogens (tertiary/aromatic N) is 3. The van der Waals surface area contributed by atoms with Crippen molar-refractivity contribution in [2.45, 2.75) is 25.7 Å². The van der Waals surface area contributed by atoms with Crippen molar-refractivity contribution in [3.63, 3.8) is 0 Å². The normalized spacial score (nSPS) is 15.1. The number of aromatic nitrogens is 2. The van der Waals surface area contributed by atoms with E-state index < -0.39 is 0 Å². The highest BCUT2D eigenvalue weighted by molar-refractivity contribution is 7.09. The lowest BCUT2D eigenvalue weighted by atomic mass is 9.90. The Bertz CT molecular complexity index is 857. The summed E-state index contributed by atoms with van der Waals surface area (Å²) in [4.78, 5) is 7.18. The molecule has 0 spiro atoms. The summed E-state index contributed by atoms with van der Waals surface area (Å²) >= 11 is 1.52. The van der Waals surface area contributed by atoms with Gasteiger partial charge >= 0.3 is 0 Å². The second-order valence-corrected chi connectivity index (χ2v) is 7.87. The molecule has 4 rings (SSSR count). The Morgan fingerprint density at radius 2 is 1.81 bits per heavy atom. The molecule has 0 saturated carbocycles. The Morgan fingerprint density at radius 1 is 1.04 bits per heavy atom. The number of ether oxygens (including phenoxy) is 1. The van der Waals surface area contributed by atoms with E-state index in [1.165, 1.54) is 41.9 Å². The summed E-state index contributed by atoms with van der Waals surface area (Å²) in [6.07, 6.45) is 4.38. The molecular weight excluding hydrogens is 354 g/mol. The van der Waals surface area contributed by atoms with Gasteiger partial charge in [-0.3, -0.25) is 0 Å². The van der Waals surface area contributed by atoms with Gasteiger partial charge < -0.3 is 9.64 Å². The fourth-order valence-electron chi connectivity index (χ4n) is 3.69. The van der Waals surface area contributed by atoms with Crippen LogP contribution in [0.3, 0.4) is 0 Å². The molecule has 1 aliphatic heterocycles. The Labute approximate surface area is 165 Å². The van der Waals surface area contributed by atoms with E-state index in [-0.39, 0.29) is 0 Å². The molecule has 1 saturated heterocycles. The monoisotopic (exact) mass is 379 g/mol. The van der Waals surface area contributed by atoms with Crippen molar-refractivity contribution < 1.29 is 4.74 Å². The Kier molecular flexibility index (Phi) is 5.68. The van der Waals surface area contributed by atoms with Gasteiger partial charge in [-0.1, -0.05) is 42.5 Å². The molecule has 4 nitrogen and oxygen atoms in total. The minimum absolute atomic E-state index is 0.748. The molecule has 0 atom stereocenters. The zero-order chi connectivity index (χ0) is 18.5. The summed E-state index contributed by atoms with van der Waals surface area (Å²) in [6, 6.07) is 19.0. The van der Waals surface area contributed by atoms with E-state index >= 15 is 0 Å². The van der Waals surface area contributed by atoms with Gasteiger partial charge in [-0.15, -0.1) is 0 Å². The molecule has 0 amide bonds. The third-order valence-corrected chi connectivity index (χ3v) is 6.02. The van der Waals surface area contributed by atoms with E-state index in [1.54, 1.807) is 7.11 Å². The molecule has 2 aromatic carbocycles. The number of rotatable bonds is 6. The molecule has 0 unspecified atom stereocenters. The number of piperidine rings is 1. The zero-order valence-electron chi connectivity index (χ0n) is 15.7. The first-order chi connectivity index (χ1) is 13.3. The summed E-state index contributed by atoms with van der Waals surface area (Å²) in [5, 5.41) is 1.06. The van der Waals surface area contributed by atoms with Gasteiger partial charge in [0.1, 0.15) is 11.6 Å². The van der Waals surface area contributed by atoms with Crippen molar-refractivity contribution in [2.75, 3.05) is 25.1 Å². The highest BCUT2D eigenvalue weighted by atomic mass is 32.1. The largest absolute Gasteiger partial charge is 0.497 e. The van der Waals surface area contributed by atoms with Crippen LogP contribution in [0.5, 0.6) is 5.75 Å². The van der Waals surface area contributed by atoms with Crippen molar-refractivity contribution in [3.05, 3.63) is 71.5 Å². The van der Waals surface area contributed by atoms with E-state index in [2.05, 4.69) is 51.7 Å². The van der Waals surface area contributed by atoms with Crippen LogP contribution in [0.2, 0.25) is 0 Å². The van der Waals surface area contributed by atoms with Gasteiger partial charge in [0.15, 0.2) is 0 Å². The minimum atomic E-state index is 0.748. The quantitative estimate of drug-likeness (QED) is 0.627. The molecule has 5 heteroatoms. The van der Waals surface area contributed by atoms with Crippen LogP contribution in [0.4, 0.5) is 5.13 Å². The lowest BCUT2D eigenvalue weighted by Gasteiger charge is -2.31. The van der Waals surface area contributed by atoms with Crippen LogP contribution in [0.1, 0.15) is 29.8 Å². The predicted octanol–water partition coefficient (Wildman–Crippen LogP) is 4.60. The van der Waals surface area contributed by atoms with Crippen LogP contribution in [0.25, 0.3) is 0 Å². The fourth-order valence-corrected chi connectivity index (χ4v) is 4.42. The minimum Gasteiger partial charge on any atom is -0.497 e. The van der Waals surface area contributed by atoms with Gasteiger partial charge in [0.25, 0.3) is 0 Å². The van der Waals surface area contributed by atoms with E-state index in [4.69, 9.17) is 9.72 Å². The summed E-state index contributed by atoms with van der Waals surface area (Å²) in [7, 11) is 1.69. The van der Waals surface area contributed by atoms with Gasteiger partial charge in [0.2, 0.25) is 5.13 Å². The zero-order valence-corrected chi connectivity index (χ0v) is 16.5. The fraction of sp³-hybridized carbons (Fsp3) is 0.364. The highest BCUT2D eigenvalue weighted by Gasteiger charge is 2.22. The molecule has 27 heavy (non-hydrogen) atoms. The first-order valence-electron chi connectivity index (χ1n) is 9.54. The Morgan fingerprint density at radius 3 is 2.59 bits per heavy atom. The van der Waals surface area contributed by atoms with Crippen LogP contribution in [-0.2, 0) is 12.8 Å².